The molecule has 0 saturated heterocycles. The topological polar surface area (TPSA) is 28.2 Å². The van der Waals surface area contributed by atoms with Crippen molar-refractivity contribution in [1.29, 1.82) is 0 Å². The van der Waals surface area contributed by atoms with Gasteiger partial charge in [-0.3, -0.25) is 4.98 Å². The fraction of sp³-hybridized carbons (Fsp3) is 0.400. The van der Waals surface area contributed by atoms with E-state index in [1.165, 1.54) is 20.6 Å². The molecule has 0 atom stereocenters. The molecule has 2 aromatic heterocycles. The van der Waals surface area contributed by atoms with Crippen molar-refractivity contribution in [1.82, 2.24) is 10.3 Å². The fourth-order valence-corrected chi connectivity index (χ4v) is 3.32. The molecule has 0 bridgehead atoms. The summed E-state index contributed by atoms with van der Waals surface area (Å²) in [5.41, 5.74) is 3.82. The zero-order valence-corrected chi connectivity index (χ0v) is 14.3. The van der Waals surface area contributed by atoms with Gasteiger partial charge in [-0.25, -0.2) is 0 Å². The Morgan fingerprint density at radius 3 is 3.00 bits per heavy atom. The molecule has 0 aliphatic rings. The van der Waals surface area contributed by atoms with Gasteiger partial charge >= 0.3 is 0 Å². The maximum absolute atomic E-state index is 4.25. The molecule has 2 aromatic rings. The molecule has 0 aliphatic heterocycles. The highest BCUT2D eigenvalue weighted by atomic mass is 79.9. The number of pyridine rings is 1. The van der Waals surface area contributed by atoms with E-state index >= 15 is 0 Å². The minimum Gasteiger partial charge on any atom is -0.370 e. The van der Waals surface area contributed by atoms with E-state index < -0.39 is 0 Å². The number of thiophene rings is 1. The second-order valence-electron chi connectivity index (χ2n) is 4.80. The monoisotopic (exact) mass is 353 g/mol. The third-order valence-electron chi connectivity index (χ3n) is 3.07. The molecule has 0 aromatic carbocycles. The van der Waals surface area contributed by atoms with Gasteiger partial charge < -0.3 is 10.2 Å². The Kier molecular flexibility index (Phi) is 6.01. The summed E-state index contributed by atoms with van der Waals surface area (Å²) >= 11 is 5.24. The van der Waals surface area contributed by atoms with Gasteiger partial charge in [-0.15, -0.1) is 11.3 Å². The predicted molar refractivity (Wildman–Crippen MR) is 90.4 cm³/mol. The van der Waals surface area contributed by atoms with Crippen LogP contribution in [0.15, 0.2) is 33.7 Å². The van der Waals surface area contributed by atoms with Gasteiger partial charge in [-0.2, -0.15) is 0 Å². The number of nitrogens with one attached hydrogen (secondary N) is 1. The fourth-order valence-electron chi connectivity index (χ4n) is 2.12. The minimum atomic E-state index is 0.870. The Balaban J connectivity index is 2.06. The summed E-state index contributed by atoms with van der Waals surface area (Å²) in [5, 5.41) is 5.63. The van der Waals surface area contributed by atoms with Crippen molar-refractivity contribution in [2.45, 2.75) is 26.4 Å². The summed E-state index contributed by atoms with van der Waals surface area (Å²) < 4.78 is 1.18. The Morgan fingerprint density at radius 2 is 2.30 bits per heavy atom. The Hall–Kier alpha value is -0.910. The van der Waals surface area contributed by atoms with Crippen molar-refractivity contribution in [3.05, 3.63) is 44.8 Å². The van der Waals surface area contributed by atoms with E-state index in [0.717, 1.165) is 26.1 Å². The first-order valence-corrected chi connectivity index (χ1v) is 8.45. The lowest BCUT2D eigenvalue weighted by molar-refractivity contribution is 0.672. The largest absolute Gasteiger partial charge is 0.370 e. The van der Waals surface area contributed by atoms with E-state index in [1.54, 1.807) is 11.3 Å². The molecule has 2 rings (SSSR count). The molecule has 2 heterocycles. The lowest BCUT2D eigenvalue weighted by Crippen LogP contribution is -2.21. The van der Waals surface area contributed by atoms with Gasteiger partial charge in [0, 0.05) is 43.8 Å². The minimum absolute atomic E-state index is 0.870. The van der Waals surface area contributed by atoms with Crippen LogP contribution < -0.4 is 10.2 Å². The van der Waals surface area contributed by atoms with Crippen LogP contribution in [0.1, 0.15) is 24.5 Å². The Labute approximate surface area is 133 Å². The lowest BCUT2D eigenvalue weighted by Gasteiger charge is -2.22. The average Bonchev–Trinajstić information content (AvgIpc) is 2.85. The molecule has 0 unspecified atom stereocenters. The van der Waals surface area contributed by atoms with E-state index in [-0.39, 0.29) is 0 Å². The van der Waals surface area contributed by atoms with E-state index in [0.29, 0.717) is 0 Å². The summed E-state index contributed by atoms with van der Waals surface area (Å²) in [6.45, 7) is 4.99. The maximum atomic E-state index is 4.25. The number of hydrogen-bond acceptors (Lipinski definition) is 4. The first-order chi connectivity index (χ1) is 9.70. The van der Waals surface area contributed by atoms with Gasteiger partial charge in [0.05, 0.1) is 3.79 Å². The van der Waals surface area contributed by atoms with Gasteiger partial charge in [0.1, 0.15) is 0 Å². The van der Waals surface area contributed by atoms with Crippen LogP contribution in [0, 0.1) is 0 Å². The number of anilines is 1. The first-order valence-electron chi connectivity index (χ1n) is 6.78. The summed E-state index contributed by atoms with van der Waals surface area (Å²) in [5.74, 6) is 0. The molecule has 0 radical (unpaired) electrons. The zero-order valence-electron chi connectivity index (χ0n) is 11.9. The SMILES string of the molecule is CCCNCc1cnccc1N(C)Cc1csc(Br)c1. The van der Waals surface area contributed by atoms with Crippen LogP contribution in [0.25, 0.3) is 0 Å². The molecule has 0 saturated carbocycles. The summed E-state index contributed by atoms with van der Waals surface area (Å²) in [6.07, 6.45) is 4.96. The Morgan fingerprint density at radius 1 is 1.45 bits per heavy atom. The normalized spacial score (nSPS) is 10.8. The molecule has 1 N–H and O–H groups in total. The third kappa shape index (κ3) is 4.30. The van der Waals surface area contributed by atoms with Crippen LogP contribution in [0.2, 0.25) is 0 Å². The molecule has 20 heavy (non-hydrogen) atoms. The molecular formula is C15H20BrN3S. The van der Waals surface area contributed by atoms with Gasteiger partial charge in [0.25, 0.3) is 0 Å². The van der Waals surface area contributed by atoms with E-state index in [9.17, 15) is 0 Å². The number of aromatic nitrogens is 1. The standard InChI is InChI=1S/C15H20BrN3S/c1-3-5-17-8-13-9-18-6-4-14(13)19(2)10-12-7-15(16)20-11-12/h4,6-7,9,11,17H,3,5,8,10H2,1-2H3. The smallest absolute Gasteiger partial charge is 0.0701 e. The maximum Gasteiger partial charge on any atom is 0.0701 e. The number of halogens is 1. The molecule has 0 spiro atoms. The van der Waals surface area contributed by atoms with E-state index in [1.807, 2.05) is 12.4 Å². The third-order valence-corrected chi connectivity index (χ3v) is 4.63. The highest BCUT2D eigenvalue weighted by Gasteiger charge is 2.08. The van der Waals surface area contributed by atoms with Crippen molar-refractivity contribution < 1.29 is 0 Å². The van der Waals surface area contributed by atoms with Crippen molar-refractivity contribution in [2.75, 3.05) is 18.5 Å². The van der Waals surface area contributed by atoms with Crippen LogP contribution in [0.3, 0.4) is 0 Å². The van der Waals surface area contributed by atoms with Crippen LogP contribution in [-0.2, 0) is 13.1 Å². The molecule has 0 amide bonds. The summed E-state index contributed by atoms with van der Waals surface area (Å²) in [7, 11) is 2.13. The van der Waals surface area contributed by atoms with Gasteiger partial charge in [0.2, 0.25) is 0 Å². The van der Waals surface area contributed by atoms with Gasteiger partial charge in [0.15, 0.2) is 0 Å². The summed E-state index contributed by atoms with van der Waals surface area (Å²) in [6, 6.07) is 4.27. The quantitative estimate of drug-likeness (QED) is 0.761. The second kappa shape index (κ2) is 7.76. The zero-order chi connectivity index (χ0) is 14.4. The lowest BCUT2D eigenvalue weighted by atomic mass is 10.2. The van der Waals surface area contributed by atoms with Crippen molar-refractivity contribution in [3.8, 4) is 0 Å². The van der Waals surface area contributed by atoms with Crippen LogP contribution in [0.5, 0.6) is 0 Å². The number of nitrogens with zero attached hydrogens (tertiary/aromatic N) is 2. The highest BCUT2D eigenvalue weighted by molar-refractivity contribution is 9.11. The first kappa shape index (κ1) is 15.5. The molecule has 108 valence electrons. The van der Waals surface area contributed by atoms with Crippen LogP contribution in [0.4, 0.5) is 5.69 Å². The highest BCUT2D eigenvalue weighted by Crippen LogP contribution is 2.24. The second-order valence-corrected chi connectivity index (χ2v) is 7.09. The molecular weight excluding hydrogens is 334 g/mol. The van der Waals surface area contributed by atoms with Crippen LogP contribution >= 0.6 is 27.3 Å². The molecule has 3 nitrogen and oxygen atoms in total. The van der Waals surface area contributed by atoms with Crippen molar-refractivity contribution in [2.24, 2.45) is 0 Å². The summed E-state index contributed by atoms with van der Waals surface area (Å²) in [4.78, 5) is 6.52. The number of rotatable bonds is 7. The Bertz CT molecular complexity index is 541. The van der Waals surface area contributed by atoms with Crippen molar-refractivity contribution >= 4 is 33.0 Å². The van der Waals surface area contributed by atoms with Gasteiger partial charge in [-0.1, -0.05) is 6.92 Å². The number of hydrogen-bond donors (Lipinski definition) is 1. The molecule has 5 heteroatoms. The average molecular weight is 354 g/mol. The van der Waals surface area contributed by atoms with E-state index in [2.05, 4.69) is 62.6 Å². The predicted octanol–water partition coefficient (Wildman–Crippen LogP) is 4.04. The molecule has 0 aliphatic carbocycles. The van der Waals surface area contributed by atoms with Crippen molar-refractivity contribution in [3.63, 3.8) is 0 Å². The van der Waals surface area contributed by atoms with E-state index in [4.69, 9.17) is 0 Å². The van der Waals surface area contributed by atoms with Gasteiger partial charge in [-0.05, 0) is 52.0 Å². The molecule has 0 fully saturated rings. The van der Waals surface area contributed by atoms with Crippen LogP contribution in [-0.4, -0.2) is 18.6 Å².